The zero-order valence-corrected chi connectivity index (χ0v) is 14.2. The van der Waals surface area contributed by atoms with E-state index < -0.39 is 5.67 Å². The topological polar surface area (TPSA) is 24.1 Å². The molecule has 1 atom stereocenters. The molecule has 1 unspecified atom stereocenters. The molecule has 0 aromatic heterocycles. The van der Waals surface area contributed by atoms with Crippen LogP contribution in [0.2, 0.25) is 0 Å². The Morgan fingerprint density at radius 3 is 2.08 bits per heavy atom. The third-order valence-electron chi connectivity index (χ3n) is 4.19. The molecular formula is C21H22F2N2. The zero-order valence-electron chi connectivity index (χ0n) is 14.2. The smallest absolute Gasteiger partial charge is 0.130 e. The first kappa shape index (κ1) is 17.2. The Labute approximate surface area is 147 Å². The van der Waals surface area contributed by atoms with Crippen LogP contribution in [-0.2, 0) is 13.1 Å². The maximum absolute atomic E-state index is 13.7. The summed E-state index contributed by atoms with van der Waals surface area (Å²) < 4.78 is 26.6. The van der Waals surface area contributed by atoms with Crippen LogP contribution in [0.15, 0.2) is 72.5 Å². The van der Waals surface area contributed by atoms with E-state index in [1.54, 1.807) is 31.2 Å². The van der Waals surface area contributed by atoms with Crippen LogP contribution in [0.3, 0.4) is 0 Å². The van der Waals surface area contributed by atoms with Gasteiger partial charge in [-0.05, 0) is 54.5 Å². The summed E-state index contributed by atoms with van der Waals surface area (Å²) in [7, 11) is 0. The van der Waals surface area contributed by atoms with E-state index in [-0.39, 0.29) is 5.82 Å². The van der Waals surface area contributed by atoms with Crippen LogP contribution in [0.5, 0.6) is 0 Å². The fraction of sp³-hybridized carbons (Fsp3) is 0.238. The molecule has 2 nitrogen and oxygen atoms in total. The molecule has 2 aromatic carbocycles. The molecule has 0 saturated heterocycles. The second-order valence-corrected chi connectivity index (χ2v) is 6.51. The molecule has 0 spiro atoms. The molecule has 0 bridgehead atoms. The molecule has 130 valence electrons. The van der Waals surface area contributed by atoms with Gasteiger partial charge in [0.15, 0.2) is 0 Å². The molecule has 0 saturated carbocycles. The van der Waals surface area contributed by atoms with Gasteiger partial charge in [-0.3, -0.25) is 0 Å². The maximum Gasteiger partial charge on any atom is 0.130 e. The number of alkyl halides is 1. The van der Waals surface area contributed by atoms with Crippen molar-refractivity contribution in [3.63, 3.8) is 0 Å². The van der Waals surface area contributed by atoms with Gasteiger partial charge in [0, 0.05) is 30.9 Å². The Balaban J connectivity index is 1.48. The average Bonchev–Trinajstić information content (AvgIpc) is 2.61. The van der Waals surface area contributed by atoms with Crippen LogP contribution in [0.1, 0.15) is 24.5 Å². The van der Waals surface area contributed by atoms with E-state index in [0.29, 0.717) is 19.5 Å². The lowest BCUT2D eigenvalue weighted by Crippen LogP contribution is -2.20. The van der Waals surface area contributed by atoms with Crippen molar-refractivity contribution in [2.75, 3.05) is 5.32 Å². The molecule has 25 heavy (non-hydrogen) atoms. The van der Waals surface area contributed by atoms with Crippen LogP contribution < -0.4 is 10.6 Å². The minimum atomic E-state index is -1.23. The highest BCUT2D eigenvalue weighted by Crippen LogP contribution is 2.23. The molecule has 0 radical (unpaired) electrons. The number of rotatable bonds is 6. The van der Waals surface area contributed by atoms with Crippen LogP contribution in [0, 0.1) is 5.82 Å². The molecule has 2 N–H and O–H groups in total. The van der Waals surface area contributed by atoms with Gasteiger partial charge in [-0.15, -0.1) is 0 Å². The molecule has 4 heteroatoms. The number of hydrogen-bond acceptors (Lipinski definition) is 2. The zero-order chi connectivity index (χ0) is 17.7. The van der Waals surface area contributed by atoms with Crippen molar-refractivity contribution in [1.82, 2.24) is 5.32 Å². The lowest BCUT2D eigenvalue weighted by Gasteiger charge is -2.19. The highest BCUT2D eigenvalue weighted by molar-refractivity contribution is 5.43. The fourth-order valence-electron chi connectivity index (χ4n) is 2.59. The lowest BCUT2D eigenvalue weighted by molar-refractivity contribution is 0.258. The van der Waals surface area contributed by atoms with Crippen molar-refractivity contribution in [2.24, 2.45) is 0 Å². The van der Waals surface area contributed by atoms with E-state index in [0.717, 1.165) is 22.5 Å². The predicted octanol–water partition coefficient (Wildman–Crippen LogP) is 5.10. The largest absolute Gasteiger partial charge is 0.381 e. The standard InChI is InChI=1S/C21H22F2N2/c1-21(23)12-10-20(11-13-21)25-15-17-4-2-16(3-5-17)14-24-19-8-6-18(22)7-9-19/h2-12,24-25H,13-15H2,1H3. The number of benzene rings is 2. The Kier molecular flexibility index (Phi) is 5.17. The van der Waals surface area contributed by atoms with Crippen molar-refractivity contribution >= 4 is 5.69 Å². The highest BCUT2D eigenvalue weighted by Gasteiger charge is 2.20. The highest BCUT2D eigenvalue weighted by atomic mass is 19.1. The summed E-state index contributed by atoms with van der Waals surface area (Å²) >= 11 is 0. The molecule has 0 aliphatic heterocycles. The van der Waals surface area contributed by atoms with Crippen molar-refractivity contribution in [1.29, 1.82) is 0 Å². The summed E-state index contributed by atoms with van der Waals surface area (Å²) in [6, 6.07) is 14.6. The van der Waals surface area contributed by atoms with Gasteiger partial charge in [0.2, 0.25) is 0 Å². The van der Waals surface area contributed by atoms with Crippen molar-refractivity contribution in [3.05, 3.63) is 89.4 Å². The summed E-state index contributed by atoms with van der Waals surface area (Å²) in [5.74, 6) is -0.235. The predicted molar refractivity (Wildman–Crippen MR) is 98.4 cm³/mol. The van der Waals surface area contributed by atoms with E-state index in [9.17, 15) is 8.78 Å². The Morgan fingerprint density at radius 2 is 1.52 bits per heavy atom. The van der Waals surface area contributed by atoms with Gasteiger partial charge in [0.05, 0.1) is 0 Å². The van der Waals surface area contributed by atoms with Gasteiger partial charge in [-0.2, -0.15) is 0 Å². The molecule has 0 heterocycles. The van der Waals surface area contributed by atoms with Gasteiger partial charge >= 0.3 is 0 Å². The van der Waals surface area contributed by atoms with Crippen molar-refractivity contribution in [3.8, 4) is 0 Å². The number of nitrogens with one attached hydrogen (secondary N) is 2. The van der Waals surface area contributed by atoms with E-state index in [4.69, 9.17) is 0 Å². The second kappa shape index (κ2) is 7.51. The first-order valence-electron chi connectivity index (χ1n) is 8.40. The van der Waals surface area contributed by atoms with Crippen molar-refractivity contribution in [2.45, 2.75) is 32.1 Å². The SMILES string of the molecule is CC1(F)C=CC(NCc2ccc(CNc3ccc(F)cc3)cc2)=CC1. The Morgan fingerprint density at radius 1 is 0.920 bits per heavy atom. The lowest BCUT2D eigenvalue weighted by atomic mass is 9.98. The van der Waals surface area contributed by atoms with Gasteiger partial charge in [0.25, 0.3) is 0 Å². The van der Waals surface area contributed by atoms with Gasteiger partial charge in [-0.1, -0.05) is 30.3 Å². The molecule has 0 fully saturated rings. The first-order chi connectivity index (χ1) is 12.0. The minimum absolute atomic E-state index is 0.235. The van der Waals surface area contributed by atoms with Crippen LogP contribution in [0.25, 0.3) is 0 Å². The van der Waals surface area contributed by atoms with Gasteiger partial charge in [0.1, 0.15) is 11.5 Å². The number of hydrogen-bond donors (Lipinski definition) is 2. The van der Waals surface area contributed by atoms with Crippen LogP contribution >= 0.6 is 0 Å². The summed E-state index contributed by atoms with van der Waals surface area (Å²) in [6.45, 7) is 2.96. The summed E-state index contributed by atoms with van der Waals surface area (Å²) in [5.41, 5.74) is 2.93. The first-order valence-corrected chi connectivity index (χ1v) is 8.40. The summed E-state index contributed by atoms with van der Waals surface area (Å²) in [4.78, 5) is 0. The fourth-order valence-corrected chi connectivity index (χ4v) is 2.59. The third-order valence-corrected chi connectivity index (χ3v) is 4.19. The van der Waals surface area contributed by atoms with Crippen molar-refractivity contribution < 1.29 is 8.78 Å². The monoisotopic (exact) mass is 340 g/mol. The van der Waals surface area contributed by atoms with Crippen LogP contribution in [-0.4, -0.2) is 5.67 Å². The van der Waals surface area contributed by atoms with Gasteiger partial charge in [-0.25, -0.2) is 8.78 Å². The third kappa shape index (κ3) is 5.18. The second-order valence-electron chi connectivity index (χ2n) is 6.51. The molecule has 1 aliphatic rings. The number of allylic oxidation sites excluding steroid dienone is 3. The Hall–Kier alpha value is -2.62. The molecule has 2 aromatic rings. The Bertz CT molecular complexity index is 759. The van der Waals surface area contributed by atoms with E-state index in [1.807, 2.05) is 6.08 Å². The molecule has 3 rings (SSSR count). The summed E-state index contributed by atoms with van der Waals surface area (Å²) in [6.07, 6.45) is 5.69. The van der Waals surface area contributed by atoms with E-state index in [1.165, 1.54) is 12.1 Å². The molecule has 1 aliphatic carbocycles. The maximum atomic E-state index is 13.7. The summed E-state index contributed by atoms with van der Waals surface area (Å²) in [5, 5.41) is 6.58. The average molecular weight is 340 g/mol. The minimum Gasteiger partial charge on any atom is -0.381 e. The van der Waals surface area contributed by atoms with E-state index in [2.05, 4.69) is 34.9 Å². The normalized spacial score (nSPS) is 19.4. The number of anilines is 1. The molecular weight excluding hydrogens is 318 g/mol. The van der Waals surface area contributed by atoms with Gasteiger partial charge < -0.3 is 10.6 Å². The van der Waals surface area contributed by atoms with Crippen LogP contribution in [0.4, 0.5) is 14.5 Å². The van der Waals surface area contributed by atoms with E-state index >= 15 is 0 Å². The molecule has 0 amide bonds. The number of halogens is 2. The quantitative estimate of drug-likeness (QED) is 0.764.